The number of aromatic amines is 1. The molecule has 0 aliphatic heterocycles. The number of aryl methyl sites for hydroxylation is 1. The van der Waals surface area contributed by atoms with E-state index in [9.17, 15) is 15.0 Å². The number of para-hydroxylation sites is 1. The highest BCUT2D eigenvalue weighted by molar-refractivity contribution is 5.67. The third-order valence-corrected chi connectivity index (χ3v) is 3.25. The Morgan fingerprint density at radius 1 is 1.14 bits per heavy atom. The number of H-pyrrole nitrogens is 1. The molecule has 1 heterocycles. The molecule has 0 saturated carbocycles. The van der Waals surface area contributed by atoms with Crippen LogP contribution in [0.3, 0.4) is 0 Å². The van der Waals surface area contributed by atoms with Gasteiger partial charge in [0.15, 0.2) is 5.82 Å². The number of rotatable bonds is 2. The molecule has 2 aromatic carbocycles. The molecule has 0 spiro atoms. The van der Waals surface area contributed by atoms with E-state index in [1.807, 2.05) is 25.1 Å². The molecule has 1 aromatic heterocycles. The van der Waals surface area contributed by atoms with Crippen molar-refractivity contribution in [3.63, 3.8) is 0 Å². The Kier molecular flexibility index (Phi) is 2.98. The van der Waals surface area contributed by atoms with Gasteiger partial charge in [-0.2, -0.15) is 5.10 Å². The van der Waals surface area contributed by atoms with E-state index < -0.39 is 5.69 Å². The first-order valence-electron chi connectivity index (χ1n) is 6.33. The summed E-state index contributed by atoms with van der Waals surface area (Å²) >= 11 is 0. The van der Waals surface area contributed by atoms with Gasteiger partial charge in [0, 0.05) is 6.07 Å². The molecule has 0 aliphatic rings. The quantitative estimate of drug-likeness (QED) is 0.670. The topological polar surface area (TPSA) is 91.1 Å². The lowest BCUT2D eigenvalue weighted by molar-refractivity contribution is 0.451. The lowest BCUT2D eigenvalue weighted by atomic mass is 10.1. The highest BCUT2D eigenvalue weighted by atomic mass is 16.3. The van der Waals surface area contributed by atoms with Gasteiger partial charge in [-0.15, -0.1) is 0 Å². The molecule has 3 aromatic rings. The van der Waals surface area contributed by atoms with E-state index >= 15 is 0 Å². The fraction of sp³-hybridized carbons (Fsp3) is 0.0667. The summed E-state index contributed by atoms with van der Waals surface area (Å²) in [6.45, 7) is 1.88. The van der Waals surface area contributed by atoms with Gasteiger partial charge in [-0.25, -0.2) is 14.5 Å². The Morgan fingerprint density at radius 3 is 2.62 bits per heavy atom. The molecule has 0 bridgehead atoms. The van der Waals surface area contributed by atoms with Crippen molar-refractivity contribution in [2.45, 2.75) is 6.92 Å². The first kappa shape index (κ1) is 13.0. The van der Waals surface area contributed by atoms with Gasteiger partial charge >= 0.3 is 5.69 Å². The molecule has 3 rings (SSSR count). The normalized spacial score (nSPS) is 10.7. The number of aromatic hydroxyl groups is 2. The van der Waals surface area contributed by atoms with E-state index in [1.165, 1.54) is 22.8 Å². The molecule has 0 amide bonds. The van der Waals surface area contributed by atoms with Crippen LogP contribution in [-0.2, 0) is 0 Å². The van der Waals surface area contributed by atoms with E-state index in [0.29, 0.717) is 11.3 Å². The number of hydrogen-bond acceptors (Lipinski definition) is 4. The summed E-state index contributed by atoms with van der Waals surface area (Å²) in [4.78, 5) is 12.1. The molecule has 0 atom stereocenters. The first-order chi connectivity index (χ1) is 10.1. The zero-order chi connectivity index (χ0) is 15.0. The van der Waals surface area contributed by atoms with E-state index in [1.54, 1.807) is 6.07 Å². The van der Waals surface area contributed by atoms with Gasteiger partial charge < -0.3 is 10.2 Å². The Labute approximate surface area is 119 Å². The average molecular weight is 283 g/mol. The first-order valence-corrected chi connectivity index (χ1v) is 6.33. The van der Waals surface area contributed by atoms with Crippen LogP contribution in [0.1, 0.15) is 5.56 Å². The van der Waals surface area contributed by atoms with E-state index in [0.717, 1.165) is 5.56 Å². The second-order valence-electron chi connectivity index (χ2n) is 4.68. The fourth-order valence-electron chi connectivity index (χ4n) is 2.22. The number of aromatic nitrogens is 3. The summed E-state index contributed by atoms with van der Waals surface area (Å²) < 4.78 is 1.39. The van der Waals surface area contributed by atoms with Crippen molar-refractivity contribution in [1.29, 1.82) is 0 Å². The lowest BCUT2D eigenvalue weighted by Gasteiger charge is -2.09. The maximum atomic E-state index is 12.1. The molecular weight excluding hydrogens is 270 g/mol. The zero-order valence-electron chi connectivity index (χ0n) is 11.2. The van der Waals surface area contributed by atoms with Crippen molar-refractivity contribution in [2.24, 2.45) is 0 Å². The number of phenolic OH excluding ortho intramolecular Hbond substituents is 2. The summed E-state index contributed by atoms with van der Waals surface area (Å²) in [7, 11) is 0. The maximum absolute atomic E-state index is 12.1. The van der Waals surface area contributed by atoms with Crippen LogP contribution in [0.5, 0.6) is 11.5 Å². The Hall–Kier alpha value is -3.02. The Balaban J connectivity index is 2.27. The van der Waals surface area contributed by atoms with Crippen LogP contribution in [0.2, 0.25) is 0 Å². The van der Waals surface area contributed by atoms with Crippen LogP contribution >= 0.6 is 0 Å². The zero-order valence-corrected chi connectivity index (χ0v) is 11.2. The molecule has 6 heteroatoms. The lowest BCUT2D eigenvalue weighted by Crippen LogP contribution is -2.16. The molecule has 21 heavy (non-hydrogen) atoms. The molecule has 0 fully saturated rings. The van der Waals surface area contributed by atoms with Crippen molar-refractivity contribution in [3.05, 3.63) is 58.5 Å². The monoisotopic (exact) mass is 283 g/mol. The van der Waals surface area contributed by atoms with E-state index in [-0.39, 0.29) is 17.3 Å². The SMILES string of the molecule is Cc1ccccc1-n1c(-c2ccc(O)cc2O)n[nH]c1=O. The summed E-state index contributed by atoms with van der Waals surface area (Å²) in [5, 5.41) is 25.7. The van der Waals surface area contributed by atoms with Crippen molar-refractivity contribution in [2.75, 3.05) is 0 Å². The van der Waals surface area contributed by atoms with Gasteiger partial charge in [0.1, 0.15) is 11.5 Å². The van der Waals surface area contributed by atoms with Crippen LogP contribution in [0.25, 0.3) is 17.1 Å². The maximum Gasteiger partial charge on any atom is 0.348 e. The van der Waals surface area contributed by atoms with Crippen molar-refractivity contribution >= 4 is 0 Å². The largest absolute Gasteiger partial charge is 0.508 e. The smallest absolute Gasteiger partial charge is 0.348 e. The van der Waals surface area contributed by atoms with Crippen molar-refractivity contribution in [3.8, 4) is 28.6 Å². The molecule has 0 saturated heterocycles. The standard InChI is InChI=1S/C15H13N3O3/c1-9-4-2-3-5-12(9)18-14(16-17-15(18)21)11-7-6-10(19)8-13(11)20/h2-8,19-20H,1H3,(H,17,21). The Morgan fingerprint density at radius 2 is 1.90 bits per heavy atom. The second-order valence-corrected chi connectivity index (χ2v) is 4.68. The fourth-order valence-corrected chi connectivity index (χ4v) is 2.22. The summed E-state index contributed by atoms with van der Waals surface area (Å²) in [5.74, 6) is 0.0761. The Bertz CT molecular complexity index is 865. The van der Waals surface area contributed by atoms with Crippen molar-refractivity contribution < 1.29 is 10.2 Å². The summed E-state index contributed by atoms with van der Waals surface area (Å²) in [5.41, 5.74) is 1.54. The molecule has 0 aliphatic carbocycles. The number of benzene rings is 2. The molecule has 3 N–H and O–H groups in total. The third kappa shape index (κ3) is 2.16. The number of nitrogens with zero attached hydrogens (tertiary/aromatic N) is 2. The minimum absolute atomic E-state index is 0.0587. The highest BCUT2D eigenvalue weighted by Crippen LogP contribution is 2.31. The predicted octanol–water partition coefficient (Wildman–Crippen LogP) is 1.95. The minimum atomic E-state index is -0.397. The van der Waals surface area contributed by atoms with Crippen LogP contribution < -0.4 is 5.69 Å². The van der Waals surface area contributed by atoms with E-state index in [2.05, 4.69) is 10.2 Å². The van der Waals surface area contributed by atoms with E-state index in [4.69, 9.17) is 0 Å². The molecule has 6 nitrogen and oxygen atoms in total. The third-order valence-electron chi connectivity index (χ3n) is 3.25. The number of hydrogen-bond donors (Lipinski definition) is 3. The molecule has 0 radical (unpaired) electrons. The van der Waals surface area contributed by atoms with Gasteiger partial charge in [0.25, 0.3) is 0 Å². The van der Waals surface area contributed by atoms with Crippen LogP contribution in [0.4, 0.5) is 0 Å². The molecule has 106 valence electrons. The number of phenols is 2. The van der Waals surface area contributed by atoms with Crippen LogP contribution in [0, 0.1) is 6.92 Å². The van der Waals surface area contributed by atoms with Crippen LogP contribution in [0.15, 0.2) is 47.3 Å². The molecule has 0 unspecified atom stereocenters. The molecular formula is C15H13N3O3. The minimum Gasteiger partial charge on any atom is -0.508 e. The van der Waals surface area contributed by atoms with Gasteiger partial charge in [-0.3, -0.25) is 0 Å². The summed E-state index contributed by atoms with van der Waals surface area (Å²) in [6, 6.07) is 11.5. The van der Waals surface area contributed by atoms with Gasteiger partial charge in [-0.05, 0) is 30.7 Å². The van der Waals surface area contributed by atoms with Gasteiger partial charge in [0.05, 0.1) is 11.3 Å². The van der Waals surface area contributed by atoms with Gasteiger partial charge in [-0.1, -0.05) is 18.2 Å². The number of nitrogens with one attached hydrogen (secondary N) is 1. The predicted molar refractivity (Wildman–Crippen MR) is 77.7 cm³/mol. The average Bonchev–Trinajstić information content (AvgIpc) is 2.81. The van der Waals surface area contributed by atoms with Gasteiger partial charge in [0.2, 0.25) is 0 Å². The van der Waals surface area contributed by atoms with Crippen molar-refractivity contribution in [1.82, 2.24) is 14.8 Å². The second kappa shape index (κ2) is 4.82. The highest BCUT2D eigenvalue weighted by Gasteiger charge is 2.17. The van der Waals surface area contributed by atoms with Crippen LogP contribution in [-0.4, -0.2) is 25.0 Å². The summed E-state index contributed by atoms with van der Waals surface area (Å²) in [6.07, 6.45) is 0.